The first-order valence-electron chi connectivity index (χ1n) is 3.13. The fourth-order valence-electron chi connectivity index (χ4n) is 0.749. The molecule has 0 aliphatic heterocycles. The van der Waals surface area contributed by atoms with Crippen molar-refractivity contribution in [2.45, 2.75) is 6.43 Å². The fourth-order valence-corrected chi connectivity index (χ4v) is 1.02. The van der Waals surface area contributed by atoms with Gasteiger partial charge in [0, 0.05) is 11.8 Å². The Morgan fingerprint density at radius 3 is 2.75 bits per heavy atom. The lowest BCUT2D eigenvalue weighted by atomic mass is 10.3. The predicted molar refractivity (Wildman–Crippen MR) is 40.8 cm³/mol. The summed E-state index contributed by atoms with van der Waals surface area (Å²) >= 11 is 5.54. The summed E-state index contributed by atoms with van der Waals surface area (Å²) in [5.41, 5.74) is -0.261. The van der Waals surface area contributed by atoms with Crippen LogP contribution in [0.25, 0.3) is 0 Å². The van der Waals surface area contributed by atoms with Gasteiger partial charge in [-0.3, -0.25) is 0 Å². The molecule has 1 rings (SSSR count). The van der Waals surface area contributed by atoms with Crippen molar-refractivity contribution in [2.75, 3.05) is 7.11 Å². The second kappa shape index (κ2) is 3.67. The number of nitrogens with zero attached hydrogens (tertiary/aromatic N) is 1. The summed E-state index contributed by atoms with van der Waals surface area (Å²) in [4.78, 5) is 3.65. The molecular weight excluding hydrogens is 188 g/mol. The highest BCUT2D eigenvalue weighted by atomic mass is 35.5. The zero-order valence-electron chi connectivity index (χ0n) is 6.22. The average Bonchev–Trinajstić information content (AvgIpc) is 2.04. The van der Waals surface area contributed by atoms with Gasteiger partial charge in [-0.25, -0.2) is 13.8 Å². The van der Waals surface area contributed by atoms with Gasteiger partial charge in [0.05, 0.1) is 7.11 Å². The monoisotopic (exact) mass is 193 g/mol. The number of ether oxygens (including phenoxy) is 1. The van der Waals surface area contributed by atoms with E-state index in [-0.39, 0.29) is 16.5 Å². The molecule has 0 saturated carbocycles. The first-order chi connectivity index (χ1) is 5.66. The van der Waals surface area contributed by atoms with Gasteiger partial charge >= 0.3 is 0 Å². The number of methoxy groups -OCH3 is 1. The fraction of sp³-hybridized carbons (Fsp3) is 0.286. The van der Waals surface area contributed by atoms with E-state index >= 15 is 0 Å². The van der Waals surface area contributed by atoms with E-state index in [0.29, 0.717) is 0 Å². The number of hydrogen-bond acceptors (Lipinski definition) is 2. The molecule has 1 aromatic rings. The third-order valence-electron chi connectivity index (χ3n) is 1.32. The third-order valence-corrected chi connectivity index (χ3v) is 1.70. The molecule has 1 heterocycles. The van der Waals surface area contributed by atoms with Crippen LogP contribution in [0.2, 0.25) is 5.02 Å². The SMILES string of the molecule is COc1nccc(C(F)F)c1Cl. The van der Waals surface area contributed by atoms with Crippen LogP contribution in [0.5, 0.6) is 5.88 Å². The van der Waals surface area contributed by atoms with Gasteiger partial charge in [-0.05, 0) is 6.07 Å². The van der Waals surface area contributed by atoms with Crippen LogP contribution >= 0.6 is 11.6 Å². The molecule has 0 aliphatic rings. The van der Waals surface area contributed by atoms with E-state index in [1.807, 2.05) is 0 Å². The number of halogens is 3. The lowest BCUT2D eigenvalue weighted by Gasteiger charge is -2.05. The Hall–Kier alpha value is -0.900. The van der Waals surface area contributed by atoms with E-state index in [4.69, 9.17) is 11.6 Å². The first kappa shape index (κ1) is 9.19. The van der Waals surface area contributed by atoms with E-state index in [1.165, 1.54) is 13.3 Å². The van der Waals surface area contributed by atoms with Gasteiger partial charge < -0.3 is 4.74 Å². The van der Waals surface area contributed by atoms with Crippen molar-refractivity contribution >= 4 is 11.6 Å². The van der Waals surface area contributed by atoms with Crippen LogP contribution in [0.1, 0.15) is 12.0 Å². The summed E-state index contributed by atoms with van der Waals surface area (Å²) in [6.45, 7) is 0. The van der Waals surface area contributed by atoms with Crippen LogP contribution in [0.3, 0.4) is 0 Å². The maximum atomic E-state index is 12.2. The minimum atomic E-state index is -2.60. The van der Waals surface area contributed by atoms with Crippen LogP contribution < -0.4 is 4.74 Å². The van der Waals surface area contributed by atoms with Crippen LogP contribution in [0.15, 0.2) is 12.3 Å². The van der Waals surface area contributed by atoms with Crippen molar-refractivity contribution in [1.29, 1.82) is 0 Å². The molecule has 0 saturated heterocycles. The molecule has 0 radical (unpaired) electrons. The lowest BCUT2D eigenvalue weighted by Crippen LogP contribution is -1.93. The maximum absolute atomic E-state index is 12.2. The van der Waals surface area contributed by atoms with Gasteiger partial charge in [0.2, 0.25) is 5.88 Å². The molecule has 0 aliphatic carbocycles. The van der Waals surface area contributed by atoms with Crippen molar-refractivity contribution in [1.82, 2.24) is 4.98 Å². The summed E-state index contributed by atoms with van der Waals surface area (Å²) < 4.78 is 29.0. The molecule has 0 N–H and O–H groups in total. The standard InChI is InChI=1S/C7H6ClF2NO/c1-12-7-5(8)4(6(9)10)2-3-11-7/h2-3,6H,1H3. The van der Waals surface area contributed by atoms with E-state index < -0.39 is 6.43 Å². The summed E-state index contributed by atoms with van der Waals surface area (Å²) in [7, 11) is 1.32. The van der Waals surface area contributed by atoms with Gasteiger partial charge in [0.1, 0.15) is 5.02 Å². The molecule has 0 spiro atoms. The Morgan fingerprint density at radius 1 is 1.58 bits per heavy atom. The van der Waals surface area contributed by atoms with Crippen molar-refractivity contribution in [2.24, 2.45) is 0 Å². The Bertz CT molecular complexity index is 280. The largest absolute Gasteiger partial charge is 0.480 e. The number of alkyl halides is 2. The molecule has 2 nitrogen and oxygen atoms in total. The van der Waals surface area contributed by atoms with Gasteiger partial charge in [0.15, 0.2) is 0 Å². The lowest BCUT2D eigenvalue weighted by molar-refractivity contribution is 0.151. The summed E-state index contributed by atoms with van der Waals surface area (Å²) in [5.74, 6) is 0.0227. The normalized spacial score (nSPS) is 10.4. The van der Waals surface area contributed by atoms with Crippen LogP contribution in [0.4, 0.5) is 8.78 Å². The number of rotatable bonds is 2. The molecule has 0 bridgehead atoms. The number of pyridine rings is 1. The summed E-state index contributed by atoms with van der Waals surface area (Å²) in [6.07, 6.45) is -1.37. The van der Waals surface area contributed by atoms with Crippen molar-refractivity contribution in [3.05, 3.63) is 22.8 Å². The molecule has 5 heteroatoms. The topological polar surface area (TPSA) is 22.1 Å². The number of hydrogen-bond donors (Lipinski definition) is 0. The third kappa shape index (κ3) is 1.64. The van der Waals surface area contributed by atoms with Crippen molar-refractivity contribution < 1.29 is 13.5 Å². The maximum Gasteiger partial charge on any atom is 0.265 e. The van der Waals surface area contributed by atoms with E-state index in [1.54, 1.807) is 0 Å². The molecule has 0 aromatic carbocycles. The molecule has 66 valence electrons. The molecule has 0 unspecified atom stereocenters. The van der Waals surface area contributed by atoms with Crippen LogP contribution in [-0.2, 0) is 0 Å². The van der Waals surface area contributed by atoms with Crippen molar-refractivity contribution in [3.63, 3.8) is 0 Å². The van der Waals surface area contributed by atoms with Gasteiger partial charge in [-0.1, -0.05) is 11.6 Å². The van der Waals surface area contributed by atoms with E-state index in [0.717, 1.165) is 6.07 Å². The zero-order valence-corrected chi connectivity index (χ0v) is 6.98. The summed E-state index contributed by atoms with van der Waals surface area (Å²) in [5, 5.41) is -0.130. The van der Waals surface area contributed by atoms with Gasteiger partial charge in [-0.15, -0.1) is 0 Å². The minimum absolute atomic E-state index is 0.0227. The highest BCUT2D eigenvalue weighted by molar-refractivity contribution is 6.32. The number of aromatic nitrogens is 1. The molecule has 0 fully saturated rings. The molecule has 0 amide bonds. The summed E-state index contributed by atoms with van der Waals surface area (Å²) in [6, 6.07) is 1.16. The van der Waals surface area contributed by atoms with Gasteiger partial charge in [0.25, 0.3) is 6.43 Å². The highest BCUT2D eigenvalue weighted by Gasteiger charge is 2.15. The quantitative estimate of drug-likeness (QED) is 0.721. The minimum Gasteiger partial charge on any atom is -0.480 e. The molecule has 12 heavy (non-hydrogen) atoms. The van der Waals surface area contributed by atoms with E-state index in [9.17, 15) is 8.78 Å². The van der Waals surface area contributed by atoms with Gasteiger partial charge in [-0.2, -0.15) is 0 Å². The second-order valence-corrected chi connectivity index (χ2v) is 2.40. The Labute approximate surface area is 73.1 Å². The molecule has 1 aromatic heterocycles. The Kier molecular flexibility index (Phi) is 2.81. The Balaban J connectivity index is 3.14. The average molecular weight is 194 g/mol. The zero-order chi connectivity index (χ0) is 9.14. The Morgan fingerprint density at radius 2 is 2.25 bits per heavy atom. The molecule has 0 atom stereocenters. The van der Waals surface area contributed by atoms with Crippen molar-refractivity contribution in [3.8, 4) is 5.88 Å². The highest BCUT2D eigenvalue weighted by Crippen LogP contribution is 2.31. The smallest absolute Gasteiger partial charge is 0.265 e. The van der Waals surface area contributed by atoms with Crippen LogP contribution in [-0.4, -0.2) is 12.1 Å². The predicted octanol–water partition coefficient (Wildman–Crippen LogP) is 2.68. The first-order valence-corrected chi connectivity index (χ1v) is 3.51. The second-order valence-electron chi connectivity index (χ2n) is 2.02. The molecular formula is C7H6ClF2NO. The van der Waals surface area contributed by atoms with Crippen LogP contribution in [0, 0.1) is 0 Å². The van der Waals surface area contributed by atoms with E-state index in [2.05, 4.69) is 9.72 Å².